The van der Waals surface area contributed by atoms with Crippen molar-refractivity contribution in [2.45, 2.75) is 77.8 Å². The molecule has 0 saturated carbocycles. The van der Waals surface area contributed by atoms with Gasteiger partial charge in [0.2, 0.25) is 5.91 Å². The highest BCUT2D eigenvalue weighted by Gasteiger charge is 2.43. The summed E-state index contributed by atoms with van der Waals surface area (Å²) in [5.41, 5.74) is 2.23. The molecule has 3 atom stereocenters. The van der Waals surface area contributed by atoms with Gasteiger partial charge in [0.05, 0.1) is 16.1 Å². The quantitative estimate of drug-likeness (QED) is 0.413. The molecule has 0 aromatic heterocycles. The molecule has 2 aromatic rings. The van der Waals surface area contributed by atoms with Crippen LogP contribution in [0.15, 0.2) is 48.5 Å². The summed E-state index contributed by atoms with van der Waals surface area (Å²) in [5.74, 6) is 1.23. The van der Waals surface area contributed by atoms with E-state index in [-0.39, 0.29) is 23.9 Å². The fraction of sp³-hybridized carbons (Fsp3) is 0.567. The molecule has 0 radical (unpaired) electrons. The normalized spacial score (nSPS) is 23.3. The van der Waals surface area contributed by atoms with Gasteiger partial charge in [-0.1, -0.05) is 80.4 Å². The summed E-state index contributed by atoms with van der Waals surface area (Å²) < 4.78 is 0. The van der Waals surface area contributed by atoms with Crippen LogP contribution in [0.25, 0.3) is 0 Å². The van der Waals surface area contributed by atoms with Crippen molar-refractivity contribution in [1.82, 2.24) is 9.80 Å². The number of carbonyl (C=O) groups is 1. The van der Waals surface area contributed by atoms with Gasteiger partial charge in [0.15, 0.2) is 0 Å². The van der Waals surface area contributed by atoms with Crippen LogP contribution in [0.4, 0.5) is 0 Å². The number of halogens is 2. The van der Waals surface area contributed by atoms with E-state index >= 15 is 0 Å². The molecule has 2 aliphatic rings. The molecule has 35 heavy (non-hydrogen) atoms. The van der Waals surface area contributed by atoms with Crippen LogP contribution in [0.3, 0.4) is 0 Å². The molecule has 0 bridgehead atoms. The molecular weight excluding hydrogens is 475 g/mol. The van der Waals surface area contributed by atoms with Crippen molar-refractivity contribution in [3.05, 3.63) is 69.7 Å². The van der Waals surface area contributed by atoms with E-state index in [0.717, 1.165) is 44.8 Å². The van der Waals surface area contributed by atoms with E-state index in [4.69, 9.17) is 23.2 Å². The largest absolute Gasteiger partial charge is 0.337 e. The first kappa shape index (κ1) is 26.5. The van der Waals surface area contributed by atoms with Crippen LogP contribution in [-0.2, 0) is 11.2 Å². The highest BCUT2D eigenvalue weighted by Crippen LogP contribution is 2.40. The third kappa shape index (κ3) is 6.24. The van der Waals surface area contributed by atoms with Crippen molar-refractivity contribution in [2.75, 3.05) is 19.6 Å². The second kappa shape index (κ2) is 11.2. The van der Waals surface area contributed by atoms with E-state index < -0.39 is 5.41 Å². The van der Waals surface area contributed by atoms with Gasteiger partial charge in [0, 0.05) is 23.9 Å². The monoisotopic (exact) mass is 514 g/mol. The Morgan fingerprint density at radius 1 is 0.971 bits per heavy atom. The number of hydrogen-bond donors (Lipinski definition) is 0. The van der Waals surface area contributed by atoms with Gasteiger partial charge < -0.3 is 4.90 Å². The highest BCUT2D eigenvalue weighted by atomic mass is 35.5. The van der Waals surface area contributed by atoms with Crippen molar-refractivity contribution in [3.8, 4) is 0 Å². The molecule has 1 amide bonds. The third-order valence-corrected chi connectivity index (χ3v) is 8.79. The Bertz CT molecular complexity index is 995. The topological polar surface area (TPSA) is 23.6 Å². The van der Waals surface area contributed by atoms with Crippen molar-refractivity contribution < 1.29 is 4.79 Å². The Morgan fingerprint density at radius 3 is 2.29 bits per heavy atom. The molecule has 190 valence electrons. The maximum atomic E-state index is 13.6. The number of hydrogen-bond acceptors (Lipinski definition) is 2. The minimum Gasteiger partial charge on any atom is -0.337 e. The maximum Gasteiger partial charge on any atom is 0.228 e. The lowest BCUT2D eigenvalue weighted by atomic mass is 9.78. The predicted molar refractivity (Wildman–Crippen MR) is 147 cm³/mol. The lowest BCUT2D eigenvalue weighted by Gasteiger charge is -2.50. The molecule has 5 heteroatoms. The lowest BCUT2D eigenvalue weighted by molar-refractivity contribution is -0.146. The first-order valence-corrected chi connectivity index (χ1v) is 13.9. The molecule has 2 heterocycles. The summed E-state index contributed by atoms with van der Waals surface area (Å²) in [4.78, 5) is 18.5. The smallest absolute Gasteiger partial charge is 0.228 e. The Balaban J connectivity index is 1.54. The van der Waals surface area contributed by atoms with E-state index in [0.29, 0.717) is 10.0 Å². The average molecular weight is 516 g/mol. The molecule has 3 unspecified atom stereocenters. The summed E-state index contributed by atoms with van der Waals surface area (Å²) in [6.45, 7) is 11.4. The number of likely N-dealkylation sites (tertiary alicyclic amines) is 2. The summed E-state index contributed by atoms with van der Waals surface area (Å²) in [7, 11) is 0. The van der Waals surface area contributed by atoms with Gasteiger partial charge >= 0.3 is 0 Å². The van der Waals surface area contributed by atoms with Crippen molar-refractivity contribution >= 4 is 29.1 Å². The fourth-order valence-corrected chi connectivity index (χ4v) is 6.42. The van der Waals surface area contributed by atoms with Crippen LogP contribution >= 0.6 is 23.2 Å². The van der Waals surface area contributed by atoms with Crippen LogP contribution in [-0.4, -0.2) is 47.4 Å². The number of nitrogens with zero attached hydrogens (tertiary/aromatic N) is 2. The Morgan fingerprint density at radius 2 is 1.66 bits per heavy atom. The molecule has 2 aliphatic heterocycles. The van der Waals surface area contributed by atoms with E-state index in [9.17, 15) is 4.79 Å². The highest BCUT2D eigenvalue weighted by molar-refractivity contribution is 6.42. The van der Waals surface area contributed by atoms with Crippen molar-refractivity contribution in [2.24, 2.45) is 11.3 Å². The average Bonchev–Trinajstić information content (AvgIpc) is 2.85. The Kier molecular flexibility index (Phi) is 8.51. The standard InChI is InChI=1S/C30H40Cl2N2O/c1-21(33-17-14-23(15-18-33)19-22-9-6-5-7-10-22)28-25(24-12-13-26(31)27(32)20-24)11-8-16-34(28)29(35)30(2,3)4/h5-7,9-10,12-13,20-21,23,25,28H,8,11,14-19H2,1-4H3. The SMILES string of the molecule is CC(C1C(c2ccc(Cl)c(Cl)c2)CCCN1C(=O)C(C)(C)C)N1CCC(Cc2ccccc2)CC1. The first-order valence-electron chi connectivity index (χ1n) is 13.2. The van der Waals surface area contributed by atoms with Crippen molar-refractivity contribution in [1.29, 1.82) is 0 Å². The number of carbonyl (C=O) groups excluding carboxylic acids is 1. The van der Waals surface area contributed by atoms with E-state index in [1.165, 1.54) is 24.0 Å². The Labute approximate surface area is 221 Å². The second-order valence-corrected chi connectivity index (χ2v) is 12.4. The zero-order valence-electron chi connectivity index (χ0n) is 21.6. The zero-order valence-corrected chi connectivity index (χ0v) is 23.2. The van der Waals surface area contributed by atoms with Crippen LogP contribution < -0.4 is 0 Å². The molecule has 4 rings (SSSR count). The predicted octanol–water partition coefficient (Wildman–Crippen LogP) is 7.46. The van der Waals surface area contributed by atoms with Crippen LogP contribution in [0.5, 0.6) is 0 Å². The minimum atomic E-state index is -0.403. The van der Waals surface area contributed by atoms with E-state index in [2.05, 4.69) is 53.1 Å². The number of amides is 1. The van der Waals surface area contributed by atoms with Gasteiger partial charge in [-0.05, 0) is 81.3 Å². The van der Waals surface area contributed by atoms with Gasteiger partial charge in [-0.25, -0.2) is 0 Å². The molecule has 2 aromatic carbocycles. The number of piperidine rings is 2. The van der Waals surface area contributed by atoms with Gasteiger partial charge in [-0.3, -0.25) is 9.69 Å². The summed E-state index contributed by atoms with van der Waals surface area (Å²) >= 11 is 12.7. The molecule has 0 aliphatic carbocycles. The maximum absolute atomic E-state index is 13.6. The lowest BCUT2D eigenvalue weighted by Crippen LogP contribution is -2.60. The minimum absolute atomic E-state index is 0.124. The van der Waals surface area contributed by atoms with E-state index in [1.807, 2.05) is 32.9 Å². The molecule has 0 N–H and O–H groups in total. The van der Waals surface area contributed by atoms with Crippen LogP contribution in [0, 0.1) is 11.3 Å². The van der Waals surface area contributed by atoms with Gasteiger partial charge in [-0.15, -0.1) is 0 Å². The van der Waals surface area contributed by atoms with E-state index in [1.54, 1.807) is 0 Å². The summed E-state index contributed by atoms with van der Waals surface area (Å²) in [6, 6.07) is 17.3. The molecule has 3 nitrogen and oxygen atoms in total. The summed E-state index contributed by atoms with van der Waals surface area (Å²) in [6.07, 6.45) is 5.64. The Hall–Kier alpha value is -1.55. The van der Waals surface area contributed by atoms with Gasteiger partial charge in [0.1, 0.15) is 0 Å². The molecule has 2 saturated heterocycles. The molecule has 2 fully saturated rings. The number of rotatable bonds is 5. The second-order valence-electron chi connectivity index (χ2n) is 11.6. The zero-order chi connectivity index (χ0) is 25.2. The molecular formula is C30H40Cl2N2O. The first-order chi connectivity index (χ1) is 16.6. The van der Waals surface area contributed by atoms with Crippen LogP contribution in [0.1, 0.15) is 70.4 Å². The number of benzene rings is 2. The molecule has 0 spiro atoms. The van der Waals surface area contributed by atoms with Crippen LogP contribution in [0.2, 0.25) is 10.0 Å². The van der Waals surface area contributed by atoms with Gasteiger partial charge in [0.25, 0.3) is 0 Å². The summed E-state index contributed by atoms with van der Waals surface area (Å²) in [5, 5.41) is 1.18. The third-order valence-electron chi connectivity index (χ3n) is 8.05. The van der Waals surface area contributed by atoms with Crippen molar-refractivity contribution in [3.63, 3.8) is 0 Å². The fourth-order valence-electron chi connectivity index (χ4n) is 6.12. The van der Waals surface area contributed by atoms with Gasteiger partial charge in [-0.2, -0.15) is 0 Å².